The summed E-state index contributed by atoms with van der Waals surface area (Å²) in [5.74, 6) is 0. The fourth-order valence-electron chi connectivity index (χ4n) is 1.30. The molecule has 14 heavy (non-hydrogen) atoms. The van der Waals surface area contributed by atoms with Crippen molar-refractivity contribution in [3.05, 3.63) is 24.0 Å². The van der Waals surface area contributed by atoms with Gasteiger partial charge in [0.1, 0.15) is 0 Å². The van der Waals surface area contributed by atoms with Crippen LogP contribution >= 0.6 is 0 Å². The third-order valence-corrected chi connectivity index (χ3v) is 1.99. The van der Waals surface area contributed by atoms with Crippen LogP contribution in [-0.4, -0.2) is 18.1 Å². The topological polar surface area (TPSA) is 16.1 Å². The van der Waals surface area contributed by atoms with E-state index in [0.717, 1.165) is 13.1 Å². The molecule has 0 N–H and O–H groups in total. The van der Waals surface area contributed by atoms with Crippen molar-refractivity contribution in [3.63, 3.8) is 0 Å². The lowest BCUT2D eigenvalue weighted by Crippen LogP contribution is -2.21. The molecule has 1 rings (SSSR count). The monoisotopic (exact) mass is 194 g/mol. The number of hydrogen-bond donors (Lipinski definition) is 0. The van der Waals surface area contributed by atoms with E-state index >= 15 is 0 Å². The van der Waals surface area contributed by atoms with Crippen LogP contribution in [0, 0.1) is 6.92 Å². The van der Waals surface area contributed by atoms with E-state index in [0.29, 0.717) is 0 Å². The van der Waals surface area contributed by atoms with E-state index in [1.54, 1.807) is 0 Å². The molecule has 0 fully saturated rings. The number of aryl methyl sites for hydroxylation is 1. The Balaban J connectivity index is 0.000000791. The molecule has 2 heteroatoms. The minimum atomic E-state index is 1.04. The lowest BCUT2D eigenvalue weighted by molar-refractivity contribution is 0.861. The van der Waals surface area contributed by atoms with Crippen LogP contribution in [0.15, 0.2) is 18.5 Å². The summed E-state index contributed by atoms with van der Waals surface area (Å²) >= 11 is 0. The quantitative estimate of drug-likeness (QED) is 0.734. The minimum Gasteiger partial charge on any atom is -0.371 e. The van der Waals surface area contributed by atoms with Crippen molar-refractivity contribution in [2.45, 2.75) is 34.6 Å². The molecular formula is C12H22N2. The van der Waals surface area contributed by atoms with Gasteiger partial charge in [0.2, 0.25) is 0 Å². The molecule has 0 amide bonds. The van der Waals surface area contributed by atoms with Crippen LogP contribution < -0.4 is 4.90 Å². The highest BCUT2D eigenvalue weighted by atomic mass is 15.1. The summed E-state index contributed by atoms with van der Waals surface area (Å²) in [4.78, 5) is 6.45. The highest BCUT2D eigenvalue weighted by Crippen LogP contribution is 2.12. The van der Waals surface area contributed by atoms with Gasteiger partial charge >= 0.3 is 0 Å². The maximum Gasteiger partial charge on any atom is 0.0555 e. The standard InChI is InChI=1S/C10H16N2.C2H6/c1-4-12(5-2)10-6-9(3)7-11-8-10;1-2/h6-8H,4-5H2,1-3H3;1-2H3. The largest absolute Gasteiger partial charge is 0.371 e. The van der Waals surface area contributed by atoms with Crippen LogP contribution in [0.25, 0.3) is 0 Å². The molecule has 80 valence electrons. The number of aromatic nitrogens is 1. The molecule has 0 saturated heterocycles. The summed E-state index contributed by atoms with van der Waals surface area (Å²) in [6.45, 7) is 12.5. The SMILES string of the molecule is CC.CCN(CC)c1cncc(C)c1. The van der Waals surface area contributed by atoms with E-state index in [9.17, 15) is 0 Å². The Morgan fingerprint density at radius 2 is 1.71 bits per heavy atom. The normalized spacial score (nSPS) is 8.93. The van der Waals surface area contributed by atoms with Crippen molar-refractivity contribution >= 4 is 5.69 Å². The van der Waals surface area contributed by atoms with Gasteiger partial charge in [-0.3, -0.25) is 4.98 Å². The van der Waals surface area contributed by atoms with Gasteiger partial charge in [0.25, 0.3) is 0 Å². The van der Waals surface area contributed by atoms with Crippen molar-refractivity contribution < 1.29 is 0 Å². The van der Waals surface area contributed by atoms with Gasteiger partial charge < -0.3 is 4.90 Å². The first kappa shape index (κ1) is 12.9. The highest BCUT2D eigenvalue weighted by Gasteiger charge is 2.00. The Hall–Kier alpha value is -1.05. The second-order valence-corrected chi connectivity index (χ2v) is 2.89. The zero-order chi connectivity index (χ0) is 11.0. The molecule has 0 spiro atoms. The molecular weight excluding hydrogens is 172 g/mol. The second-order valence-electron chi connectivity index (χ2n) is 2.89. The van der Waals surface area contributed by atoms with Gasteiger partial charge in [0.15, 0.2) is 0 Å². The van der Waals surface area contributed by atoms with E-state index < -0.39 is 0 Å². The van der Waals surface area contributed by atoms with Gasteiger partial charge in [-0.05, 0) is 32.4 Å². The molecule has 0 bridgehead atoms. The highest BCUT2D eigenvalue weighted by molar-refractivity contribution is 5.45. The average molecular weight is 194 g/mol. The summed E-state index contributed by atoms with van der Waals surface area (Å²) in [5.41, 5.74) is 2.44. The van der Waals surface area contributed by atoms with Crippen LogP contribution in [0.3, 0.4) is 0 Å². The van der Waals surface area contributed by atoms with E-state index in [4.69, 9.17) is 0 Å². The summed E-state index contributed by atoms with van der Waals surface area (Å²) in [7, 11) is 0. The van der Waals surface area contributed by atoms with Gasteiger partial charge in [-0.15, -0.1) is 0 Å². The zero-order valence-corrected chi connectivity index (χ0v) is 10.0. The molecule has 1 aromatic rings. The first-order chi connectivity index (χ1) is 6.77. The maximum atomic E-state index is 4.16. The summed E-state index contributed by atoms with van der Waals surface area (Å²) in [6, 6.07) is 2.17. The Labute approximate surface area is 88.0 Å². The fourth-order valence-corrected chi connectivity index (χ4v) is 1.30. The Kier molecular flexibility index (Phi) is 6.81. The van der Waals surface area contributed by atoms with Crippen LogP contribution in [-0.2, 0) is 0 Å². The van der Waals surface area contributed by atoms with Crippen LogP contribution in [0.1, 0.15) is 33.3 Å². The predicted octanol–water partition coefficient (Wildman–Crippen LogP) is 3.26. The lowest BCUT2D eigenvalue weighted by atomic mass is 10.3. The van der Waals surface area contributed by atoms with E-state index in [-0.39, 0.29) is 0 Å². The number of anilines is 1. The first-order valence-corrected chi connectivity index (χ1v) is 5.44. The fraction of sp³-hybridized carbons (Fsp3) is 0.583. The van der Waals surface area contributed by atoms with E-state index in [1.807, 2.05) is 26.2 Å². The number of pyridine rings is 1. The molecule has 0 aliphatic rings. The molecule has 2 nitrogen and oxygen atoms in total. The smallest absolute Gasteiger partial charge is 0.0555 e. The predicted molar refractivity (Wildman–Crippen MR) is 63.9 cm³/mol. The van der Waals surface area contributed by atoms with Crippen LogP contribution in [0.2, 0.25) is 0 Å². The van der Waals surface area contributed by atoms with Crippen molar-refractivity contribution in [1.82, 2.24) is 4.98 Å². The van der Waals surface area contributed by atoms with Crippen LogP contribution in [0.5, 0.6) is 0 Å². The molecule has 1 aromatic heterocycles. The second kappa shape index (κ2) is 7.36. The third kappa shape index (κ3) is 3.77. The molecule has 0 aliphatic carbocycles. The number of hydrogen-bond acceptors (Lipinski definition) is 2. The minimum absolute atomic E-state index is 1.04. The molecule has 0 radical (unpaired) electrons. The van der Waals surface area contributed by atoms with Gasteiger partial charge in [-0.2, -0.15) is 0 Å². The Morgan fingerprint density at radius 1 is 1.14 bits per heavy atom. The lowest BCUT2D eigenvalue weighted by Gasteiger charge is -2.20. The summed E-state index contributed by atoms with van der Waals surface area (Å²) in [5, 5.41) is 0. The molecule has 0 atom stereocenters. The van der Waals surface area contributed by atoms with Crippen LogP contribution in [0.4, 0.5) is 5.69 Å². The molecule has 1 heterocycles. The number of nitrogens with zero attached hydrogens (tertiary/aromatic N) is 2. The third-order valence-electron chi connectivity index (χ3n) is 1.99. The van der Waals surface area contributed by atoms with Crippen molar-refractivity contribution in [3.8, 4) is 0 Å². The van der Waals surface area contributed by atoms with E-state index in [1.165, 1.54) is 11.3 Å². The summed E-state index contributed by atoms with van der Waals surface area (Å²) < 4.78 is 0. The first-order valence-electron chi connectivity index (χ1n) is 5.44. The Bertz CT molecular complexity index is 242. The van der Waals surface area contributed by atoms with Crippen molar-refractivity contribution in [2.24, 2.45) is 0 Å². The Morgan fingerprint density at radius 3 is 2.14 bits per heavy atom. The van der Waals surface area contributed by atoms with Crippen molar-refractivity contribution in [1.29, 1.82) is 0 Å². The maximum absolute atomic E-state index is 4.16. The van der Waals surface area contributed by atoms with Gasteiger partial charge in [-0.25, -0.2) is 0 Å². The zero-order valence-electron chi connectivity index (χ0n) is 10.0. The van der Waals surface area contributed by atoms with E-state index in [2.05, 4.69) is 36.7 Å². The molecule has 0 aromatic carbocycles. The molecule has 0 aliphatic heterocycles. The average Bonchev–Trinajstić information content (AvgIpc) is 2.23. The molecule has 0 saturated carbocycles. The van der Waals surface area contributed by atoms with Gasteiger partial charge in [0.05, 0.1) is 11.9 Å². The van der Waals surface area contributed by atoms with Gasteiger partial charge in [0, 0.05) is 19.3 Å². The molecule has 0 unspecified atom stereocenters. The summed E-state index contributed by atoms with van der Waals surface area (Å²) in [6.07, 6.45) is 3.80. The van der Waals surface area contributed by atoms with Gasteiger partial charge in [-0.1, -0.05) is 13.8 Å². The van der Waals surface area contributed by atoms with Crippen molar-refractivity contribution in [2.75, 3.05) is 18.0 Å². The number of rotatable bonds is 3.